The molecule has 0 fully saturated rings. The molecular weight excluding hydrogens is 174 g/mol. The molecule has 0 unspecified atom stereocenters. The highest BCUT2D eigenvalue weighted by atomic mass is 15.0. The Bertz CT molecular complexity index is 395. The second-order valence-electron chi connectivity index (χ2n) is 3.09. The van der Waals surface area contributed by atoms with E-state index in [0.717, 1.165) is 11.5 Å². The molecule has 0 aliphatic heterocycles. The van der Waals surface area contributed by atoms with Crippen molar-refractivity contribution in [3.8, 4) is 0 Å². The maximum Gasteiger partial charge on any atom is 0.170 e. The van der Waals surface area contributed by atoms with Crippen LogP contribution in [-0.4, -0.2) is 4.98 Å². The average Bonchev–Trinajstić information content (AvgIpc) is 2.23. The Morgan fingerprint density at radius 1 is 1.14 bits per heavy atom. The van der Waals surface area contributed by atoms with Gasteiger partial charge in [-0.25, -0.2) is 9.55 Å². The summed E-state index contributed by atoms with van der Waals surface area (Å²) in [5.41, 5.74) is 1.04. The minimum Gasteiger partial charge on any atom is -0.340 e. The smallest absolute Gasteiger partial charge is 0.170 e. The molecule has 2 heterocycles. The van der Waals surface area contributed by atoms with Crippen LogP contribution in [0.3, 0.4) is 0 Å². The van der Waals surface area contributed by atoms with E-state index in [-0.39, 0.29) is 0 Å². The maximum absolute atomic E-state index is 4.18. The van der Waals surface area contributed by atoms with E-state index in [9.17, 15) is 0 Å². The molecule has 14 heavy (non-hydrogen) atoms. The van der Waals surface area contributed by atoms with Crippen molar-refractivity contribution in [1.82, 2.24) is 4.98 Å². The summed E-state index contributed by atoms with van der Waals surface area (Å²) in [5, 5.41) is 3.21. The number of aromatic nitrogens is 2. The number of hydrogen-bond donors (Lipinski definition) is 1. The lowest BCUT2D eigenvalue weighted by atomic mass is 10.4. The van der Waals surface area contributed by atoms with Gasteiger partial charge in [-0.2, -0.15) is 0 Å². The fourth-order valence-corrected chi connectivity index (χ4v) is 1.17. The number of rotatable bonds is 2. The van der Waals surface area contributed by atoms with Crippen LogP contribution >= 0.6 is 0 Å². The molecule has 2 rings (SSSR count). The first-order chi connectivity index (χ1) is 6.84. The third kappa shape index (κ3) is 2.07. The molecule has 1 N–H and O–H groups in total. The van der Waals surface area contributed by atoms with Crippen molar-refractivity contribution >= 4 is 11.5 Å². The summed E-state index contributed by atoms with van der Waals surface area (Å²) >= 11 is 0. The number of nitrogens with one attached hydrogen (secondary N) is 1. The predicted octanol–water partition coefficient (Wildman–Crippen LogP) is 1.65. The number of hydrogen-bond acceptors (Lipinski definition) is 2. The van der Waals surface area contributed by atoms with Gasteiger partial charge in [0.25, 0.3) is 0 Å². The number of anilines is 2. The van der Waals surface area contributed by atoms with E-state index in [2.05, 4.69) is 10.3 Å². The zero-order valence-electron chi connectivity index (χ0n) is 8.01. The Hall–Kier alpha value is -1.90. The van der Waals surface area contributed by atoms with Gasteiger partial charge in [0.1, 0.15) is 12.9 Å². The van der Waals surface area contributed by atoms with Crippen molar-refractivity contribution in [2.75, 3.05) is 5.32 Å². The van der Waals surface area contributed by atoms with Crippen LogP contribution in [0.5, 0.6) is 0 Å². The largest absolute Gasteiger partial charge is 0.340 e. The SMILES string of the molecule is C[n+]1ccc(Nc2ccccn2)cc1. The minimum absolute atomic E-state index is 0.862. The molecule has 2 aromatic heterocycles. The highest BCUT2D eigenvalue weighted by Gasteiger charge is 1.96. The van der Waals surface area contributed by atoms with Crippen molar-refractivity contribution in [2.24, 2.45) is 7.05 Å². The molecular formula is C11H12N3+. The standard InChI is InChI=1S/C11H11N3/c1-14-8-5-10(6-9-14)13-11-4-2-3-7-12-11/h2-9H,1H3/p+1. The Kier molecular flexibility index (Phi) is 2.40. The van der Waals surface area contributed by atoms with E-state index >= 15 is 0 Å². The van der Waals surface area contributed by atoms with Crippen LogP contribution in [0.4, 0.5) is 11.5 Å². The molecule has 0 aliphatic carbocycles. The first-order valence-electron chi connectivity index (χ1n) is 4.48. The van der Waals surface area contributed by atoms with Crippen LogP contribution in [0, 0.1) is 0 Å². The molecule has 3 nitrogen and oxygen atoms in total. The van der Waals surface area contributed by atoms with E-state index in [4.69, 9.17) is 0 Å². The summed E-state index contributed by atoms with van der Waals surface area (Å²) in [7, 11) is 1.99. The van der Waals surface area contributed by atoms with Crippen molar-refractivity contribution in [3.05, 3.63) is 48.9 Å². The molecule has 0 saturated heterocycles. The lowest BCUT2D eigenvalue weighted by Crippen LogP contribution is -2.25. The molecule has 0 bridgehead atoms. The summed E-state index contributed by atoms with van der Waals surface area (Å²) < 4.78 is 1.99. The van der Waals surface area contributed by atoms with Gasteiger partial charge in [-0.15, -0.1) is 0 Å². The van der Waals surface area contributed by atoms with E-state index in [1.165, 1.54) is 0 Å². The van der Waals surface area contributed by atoms with Gasteiger partial charge in [-0.05, 0) is 12.1 Å². The van der Waals surface area contributed by atoms with Crippen LogP contribution < -0.4 is 9.88 Å². The van der Waals surface area contributed by atoms with Crippen LogP contribution in [0.25, 0.3) is 0 Å². The van der Waals surface area contributed by atoms with Gasteiger partial charge in [0.2, 0.25) is 0 Å². The van der Waals surface area contributed by atoms with E-state index in [1.54, 1.807) is 6.20 Å². The molecule has 3 heteroatoms. The normalized spacial score (nSPS) is 9.79. The van der Waals surface area contributed by atoms with Crippen LogP contribution in [0.15, 0.2) is 48.9 Å². The van der Waals surface area contributed by atoms with Gasteiger partial charge < -0.3 is 5.32 Å². The van der Waals surface area contributed by atoms with Gasteiger partial charge in [-0.3, -0.25) is 0 Å². The van der Waals surface area contributed by atoms with Crippen molar-refractivity contribution in [3.63, 3.8) is 0 Å². The molecule has 0 amide bonds. The molecule has 70 valence electrons. The average molecular weight is 186 g/mol. The van der Waals surface area contributed by atoms with Crippen LogP contribution in [-0.2, 0) is 7.05 Å². The van der Waals surface area contributed by atoms with Crippen molar-refractivity contribution in [2.45, 2.75) is 0 Å². The Morgan fingerprint density at radius 3 is 2.57 bits per heavy atom. The highest BCUT2D eigenvalue weighted by molar-refractivity contribution is 5.53. The number of nitrogens with zero attached hydrogens (tertiary/aromatic N) is 2. The predicted molar refractivity (Wildman–Crippen MR) is 55.1 cm³/mol. The molecule has 0 spiro atoms. The van der Waals surface area contributed by atoms with Gasteiger partial charge in [0.15, 0.2) is 12.4 Å². The summed E-state index contributed by atoms with van der Waals surface area (Å²) in [6, 6.07) is 9.81. The fourth-order valence-electron chi connectivity index (χ4n) is 1.17. The third-order valence-electron chi connectivity index (χ3n) is 1.92. The van der Waals surface area contributed by atoms with E-state index in [1.807, 2.05) is 54.3 Å². The lowest BCUT2D eigenvalue weighted by molar-refractivity contribution is -0.671. The summed E-state index contributed by atoms with van der Waals surface area (Å²) in [6.07, 6.45) is 5.75. The molecule has 0 saturated carbocycles. The first-order valence-corrected chi connectivity index (χ1v) is 4.48. The monoisotopic (exact) mass is 186 g/mol. The third-order valence-corrected chi connectivity index (χ3v) is 1.92. The van der Waals surface area contributed by atoms with Gasteiger partial charge in [0, 0.05) is 18.3 Å². The molecule has 0 aliphatic rings. The van der Waals surface area contributed by atoms with Gasteiger partial charge in [-0.1, -0.05) is 6.07 Å². The Labute approximate surface area is 83.1 Å². The number of pyridine rings is 2. The van der Waals surface area contributed by atoms with Crippen molar-refractivity contribution < 1.29 is 4.57 Å². The van der Waals surface area contributed by atoms with Gasteiger partial charge >= 0.3 is 0 Å². The fraction of sp³-hybridized carbons (Fsp3) is 0.0909. The zero-order valence-corrected chi connectivity index (χ0v) is 8.01. The number of aryl methyl sites for hydroxylation is 1. The van der Waals surface area contributed by atoms with Crippen LogP contribution in [0.2, 0.25) is 0 Å². The topological polar surface area (TPSA) is 28.8 Å². The zero-order chi connectivity index (χ0) is 9.80. The molecule has 0 aromatic carbocycles. The highest BCUT2D eigenvalue weighted by Crippen LogP contribution is 2.10. The summed E-state index contributed by atoms with van der Waals surface area (Å²) in [5.74, 6) is 0.862. The molecule has 0 radical (unpaired) electrons. The minimum atomic E-state index is 0.862. The second kappa shape index (κ2) is 3.87. The van der Waals surface area contributed by atoms with E-state index in [0.29, 0.717) is 0 Å². The van der Waals surface area contributed by atoms with Crippen molar-refractivity contribution in [1.29, 1.82) is 0 Å². The lowest BCUT2D eigenvalue weighted by Gasteiger charge is -2.02. The molecule has 2 aromatic rings. The van der Waals surface area contributed by atoms with Crippen LogP contribution in [0.1, 0.15) is 0 Å². The van der Waals surface area contributed by atoms with E-state index < -0.39 is 0 Å². The summed E-state index contributed by atoms with van der Waals surface area (Å²) in [6.45, 7) is 0. The second-order valence-corrected chi connectivity index (χ2v) is 3.09. The Balaban J connectivity index is 2.16. The first kappa shape index (κ1) is 8.69. The quantitative estimate of drug-likeness (QED) is 0.722. The maximum atomic E-state index is 4.18. The Morgan fingerprint density at radius 2 is 1.93 bits per heavy atom. The van der Waals surface area contributed by atoms with Gasteiger partial charge in [0.05, 0.1) is 5.69 Å². The molecule has 0 atom stereocenters. The summed E-state index contributed by atoms with van der Waals surface area (Å²) in [4.78, 5) is 4.18.